The molecule has 0 bridgehead atoms. The highest BCUT2D eigenvalue weighted by Gasteiger charge is 2.13. The maximum Gasteiger partial charge on any atom is 0.273 e. The van der Waals surface area contributed by atoms with Crippen molar-refractivity contribution in [2.24, 2.45) is 0 Å². The van der Waals surface area contributed by atoms with E-state index in [4.69, 9.17) is 11.6 Å². The molecule has 0 heterocycles. The molecular formula is C14H12ClFN2O2. The number of benzene rings is 2. The summed E-state index contributed by atoms with van der Waals surface area (Å²) in [4.78, 5) is 10.4. The van der Waals surface area contributed by atoms with Crippen LogP contribution in [0.1, 0.15) is 11.1 Å². The Balaban J connectivity index is 2.04. The minimum absolute atomic E-state index is 0.0149. The summed E-state index contributed by atoms with van der Waals surface area (Å²) < 4.78 is 13.0. The lowest BCUT2D eigenvalue weighted by molar-refractivity contribution is -0.385. The quantitative estimate of drug-likeness (QED) is 0.676. The summed E-state index contributed by atoms with van der Waals surface area (Å²) in [6.07, 6.45) is 0. The van der Waals surface area contributed by atoms with Crippen molar-refractivity contribution >= 4 is 17.3 Å². The Kier molecular flexibility index (Phi) is 4.65. The first-order chi connectivity index (χ1) is 9.56. The van der Waals surface area contributed by atoms with E-state index < -0.39 is 4.92 Å². The van der Waals surface area contributed by atoms with Crippen LogP contribution in [0.2, 0.25) is 5.02 Å². The highest BCUT2D eigenvalue weighted by Crippen LogP contribution is 2.22. The SMILES string of the molecule is O=[N+]([O-])c1ccc(Cl)cc1CNCc1cccc(F)c1. The molecule has 2 rings (SSSR count). The molecule has 0 aliphatic carbocycles. The molecule has 0 aliphatic heterocycles. The monoisotopic (exact) mass is 294 g/mol. The van der Waals surface area contributed by atoms with E-state index in [2.05, 4.69) is 5.32 Å². The molecule has 0 saturated carbocycles. The molecule has 0 amide bonds. The minimum atomic E-state index is -0.449. The van der Waals surface area contributed by atoms with E-state index in [1.165, 1.54) is 24.3 Å². The molecule has 2 aromatic carbocycles. The van der Waals surface area contributed by atoms with Crippen LogP contribution in [0.5, 0.6) is 0 Å². The Hall–Kier alpha value is -1.98. The first-order valence-electron chi connectivity index (χ1n) is 5.94. The van der Waals surface area contributed by atoms with Crippen LogP contribution < -0.4 is 5.32 Å². The van der Waals surface area contributed by atoms with E-state index in [9.17, 15) is 14.5 Å². The number of rotatable bonds is 5. The Labute approximate surface area is 120 Å². The number of hydrogen-bond acceptors (Lipinski definition) is 3. The summed E-state index contributed by atoms with van der Waals surface area (Å²) in [5.41, 5.74) is 1.29. The van der Waals surface area contributed by atoms with Crippen molar-refractivity contribution < 1.29 is 9.31 Å². The van der Waals surface area contributed by atoms with E-state index in [0.29, 0.717) is 17.1 Å². The third kappa shape index (κ3) is 3.76. The second kappa shape index (κ2) is 6.45. The van der Waals surface area contributed by atoms with Gasteiger partial charge in [-0.2, -0.15) is 0 Å². The number of nitro benzene ring substituents is 1. The van der Waals surface area contributed by atoms with Crippen molar-refractivity contribution in [1.82, 2.24) is 5.32 Å². The zero-order valence-corrected chi connectivity index (χ0v) is 11.2. The number of nitrogens with one attached hydrogen (secondary N) is 1. The molecule has 2 aromatic rings. The first kappa shape index (κ1) is 14.4. The fraction of sp³-hybridized carbons (Fsp3) is 0.143. The van der Waals surface area contributed by atoms with Crippen molar-refractivity contribution in [2.75, 3.05) is 0 Å². The van der Waals surface area contributed by atoms with Gasteiger partial charge in [0.05, 0.1) is 4.92 Å². The van der Waals surface area contributed by atoms with E-state index in [1.807, 2.05) is 0 Å². The predicted octanol–water partition coefficient (Wildman–Crippen LogP) is 3.68. The van der Waals surface area contributed by atoms with Crippen molar-refractivity contribution in [3.63, 3.8) is 0 Å². The average molecular weight is 295 g/mol. The van der Waals surface area contributed by atoms with Crippen LogP contribution in [0.15, 0.2) is 42.5 Å². The van der Waals surface area contributed by atoms with Crippen LogP contribution in [0.25, 0.3) is 0 Å². The largest absolute Gasteiger partial charge is 0.308 e. The van der Waals surface area contributed by atoms with Gasteiger partial charge in [-0.25, -0.2) is 4.39 Å². The van der Waals surface area contributed by atoms with Crippen molar-refractivity contribution in [2.45, 2.75) is 13.1 Å². The summed E-state index contributed by atoms with van der Waals surface area (Å²) >= 11 is 5.84. The van der Waals surface area contributed by atoms with Gasteiger partial charge < -0.3 is 5.32 Å². The van der Waals surface area contributed by atoms with Gasteiger partial charge in [0.2, 0.25) is 0 Å². The molecule has 0 spiro atoms. The summed E-state index contributed by atoms with van der Waals surface area (Å²) in [6, 6.07) is 10.6. The average Bonchev–Trinajstić information content (AvgIpc) is 2.38. The molecule has 4 nitrogen and oxygen atoms in total. The van der Waals surface area contributed by atoms with Crippen LogP contribution >= 0.6 is 11.6 Å². The van der Waals surface area contributed by atoms with Crippen LogP contribution in [0, 0.1) is 15.9 Å². The van der Waals surface area contributed by atoms with Crippen molar-refractivity contribution in [3.8, 4) is 0 Å². The number of hydrogen-bond donors (Lipinski definition) is 1. The zero-order chi connectivity index (χ0) is 14.5. The molecule has 6 heteroatoms. The molecule has 0 aliphatic rings. The molecule has 0 atom stereocenters. The van der Waals surface area contributed by atoms with Gasteiger partial charge in [0.25, 0.3) is 5.69 Å². The lowest BCUT2D eigenvalue weighted by atomic mass is 10.1. The molecule has 0 radical (unpaired) electrons. The van der Waals surface area contributed by atoms with E-state index >= 15 is 0 Å². The lowest BCUT2D eigenvalue weighted by Gasteiger charge is -2.06. The van der Waals surface area contributed by atoms with Crippen molar-refractivity contribution in [1.29, 1.82) is 0 Å². The molecule has 20 heavy (non-hydrogen) atoms. The van der Waals surface area contributed by atoms with Gasteiger partial charge in [0.15, 0.2) is 0 Å². The highest BCUT2D eigenvalue weighted by atomic mass is 35.5. The second-order valence-corrected chi connectivity index (χ2v) is 4.70. The summed E-state index contributed by atoms with van der Waals surface area (Å²) in [5.74, 6) is -0.307. The Morgan fingerprint density at radius 2 is 2.00 bits per heavy atom. The molecular weight excluding hydrogens is 283 g/mol. The molecule has 1 N–H and O–H groups in total. The van der Waals surface area contributed by atoms with Gasteiger partial charge in [0, 0.05) is 29.7 Å². The number of halogens is 2. The Bertz CT molecular complexity index is 634. The number of nitrogens with zero attached hydrogens (tertiary/aromatic N) is 1. The van der Waals surface area contributed by atoms with Crippen LogP contribution in [0.3, 0.4) is 0 Å². The fourth-order valence-electron chi connectivity index (χ4n) is 1.86. The van der Waals surface area contributed by atoms with Gasteiger partial charge in [-0.3, -0.25) is 10.1 Å². The predicted molar refractivity (Wildman–Crippen MR) is 75.1 cm³/mol. The number of nitro groups is 1. The normalized spacial score (nSPS) is 10.5. The first-order valence-corrected chi connectivity index (χ1v) is 6.32. The summed E-state index contributed by atoms with van der Waals surface area (Å²) in [5, 5.41) is 14.4. The third-order valence-electron chi connectivity index (χ3n) is 2.77. The van der Waals surface area contributed by atoms with Gasteiger partial charge in [0.1, 0.15) is 5.82 Å². The van der Waals surface area contributed by atoms with Gasteiger partial charge in [-0.15, -0.1) is 0 Å². The standard InChI is InChI=1S/C14H12ClFN2O2/c15-12-4-5-14(18(19)20)11(7-12)9-17-8-10-2-1-3-13(16)6-10/h1-7,17H,8-9H2. The van der Waals surface area contributed by atoms with E-state index in [1.54, 1.807) is 18.2 Å². The lowest BCUT2D eigenvalue weighted by Crippen LogP contribution is -2.14. The molecule has 0 fully saturated rings. The Morgan fingerprint density at radius 1 is 1.20 bits per heavy atom. The van der Waals surface area contributed by atoms with Gasteiger partial charge in [-0.05, 0) is 29.8 Å². The zero-order valence-electron chi connectivity index (χ0n) is 10.5. The minimum Gasteiger partial charge on any atom is -0.308 e. The maximum atomic E-state index is 13.0. The van der Waals surface area contributed by atoms with Crippen LogP contribution in [-0.4, -0.2) is 4.92 Å². The molecule has 104 valence electrons. The summed E-state index contributed by atoms with van der Waals surface area (Å²) in [6.45, 7) is 0.703. The van der Waals surface area contributed by atoms with Crippen LogP contribution in [0.4, 0.5) is 10.1 Å². The van der Waals surface area contributed by atoms with E-state index in [-0.39, 0.29) is 18.0 Å². The summed E-state index contributed by atoms with van der Waals surface area (Å²) in [7, 11) is 0. The van der Waals surface area contributed by atoms with Gasteiger partial charge in [-0.1, -0.05) is 23.7 Å². The molecule has 0 saturated heterocycles. The Morgan fingerprint density at radius 3 is 2.70 bits per heavy atom. The molecule has 0 aromatic heterocycles. The topological polar surface area (TPSA) is 55.2 Å². The second-order valence-electron chi connectivity index (χ2n) is 4.26. The van der Waals surface area contributed by atoms with Crippen LogP contribution in [-0.2, 0) is 13.1 Å². The fourth-order valence-corrected chi connectivity index (χ4v) is 2.06. The maximum absolute atomic E-state index is 13.0. The third-order valence-corrected chi connectivity index (χ3v) is 3.01. The van der Waals surface area contributed by atoms with Crippen molar-refractivity contribution in [3.05, 3.63) is 74.5 Å². The smallest absolute Gasteiger partial charge is 0.273 e. The van der Waals surface area contributed by atoms with Gasteiger partial charge >= 0.3 is 0 Å². The van der Waals surface area contributed by atoms with E-state index in [0.717, 1.165) is 5.56 Å². The highest BCUT2D eigenvalue weighted by molar-refractivity contribution is 6.30. The molecule has 0 unspecified atom stereocenters.